The van der Waals surface area contributed by atoms with Crippen molar-refractivity contribution in [2.45, 2.75) is 38.1 Å². The van der Waals surface area contributed by atoms with Crippen LogP contribution in [0.5, 0.6) is 0 Å². The van der Waals surface area contributed by atoms with Gasteiger partial charge in [-0.2, -0.15) is 0 Å². The Labute approximate surface area is 125 Å². The van der Waals surface area contributed by atoms with E-state index in [2.05, 4.69) is 18.6 Å². The van der Waals surface area contributed by atoms with Gasteiger partial charge >= 0.3 is 0 Å². The maximum Gasteiger partial charge on any atom is 0.240 e. The molecule has 1 aromatic carbocycles. The molecule has 3 rings (SSSR count). The third-order valence-electron chi connectivity index (χ3n) is 4.77. The second kappa shape index (κ2) is 5.51. The second-order valence-electron chi connectivity index (χ2n) is 6.22. The molecule has 1 saturated heterocycles. The summed E-state index contributed by atoms with van der Waals surface area (Å²) in [6.45, 7) is 0.696. The van der Waals surface area contributed by atoms with Gasteiger partial charge in [0.25, 0.3) is 0 Å². The molecule has 0 bridgehead atoms. The largest absolute Gasteiger partial charge is 0.368 e. The van der Waals surface area contributed by atoms with Crippen molar-refractivity contribution in [2.75, 3.05) is 6.54 Å². The topological polar surface area (TPSA) is 63.4 Å². The summed E-state index contributed by atoms with van der Waals surface area (Å²) in [6.07, 6.45) is 6.17. The lowest BCUT2D eigenvalue weighted by atomic mass is 9.57. The van der Waals surface area contributed by atoms with Crippen LogP contribution in [-0.4, -0.2) is 29.3 Å². The van der Waals surface area contributed by atoms with Gasteiger partial charge in [0.1, 0.15) is 6.04 Å². The van der Waals surface area contributed by atoms with E-state index in [0.29, 0.717) is 13.0 Å². The van der Waals surface area contributed by atoms with Crippen LogP contribution in [0.25, 0.3) is 0 Å². The highest BCUT2D eigenvalue weighted by atomic mass is 16.2. The maximum absolute atomic E-state index is 12.3. The Bertz CT molecular complexity index is 537. The van der Waals surface area contributed by atoms with Crippen molar-refractivity contribution in [1.82, 2.24) is 4.90 Å². The Morgan fingerprint density at radius 2 is 1.95 bits per heavy atom. The molecule has 2 aliphatic rings. The van der Waals surface area contributed by atoms with Gasteiger partial charge in [0.15, 0.2) is 0 Å². The molecule has 0 aromatic heterocycles. The molecule has 1 heterocycles. The summed E-state index contributed by atoms with van der Waals surface area (Å²) in [5.41, 5.74) is 6.70. The van der Waals surface area contributed by atoms with Crippen LogP contribution in [0.15, 0.2) is 30.3 Å². The lowest BCUT2D eigenvalue weighted by Crippen LogP contribution is -2.73. The summed E-state index contributed by atoms with van der Waals surface area (Å²) in [5.74, 6) is -0.294. The summed E-state index contributed by atoms with van der Waals surface area (Å²) < 4.78 is 0. The standard InChI is InChI=1S/C17H21N2O2/c18-16(21)15-17(10-5-11-17)12-19(15)14(20)9-4-8-13-6-2-1-3-7-13/h1-3,5-7,15H,4,8-12H2,(H2,18,21). The predicted octanol–water partition coefficient (Wildman–Crippen LogP) is 1.69. The van der Waals surface area contributed by atoms with E-state index >= 15 is 0 Å². The highest BCUT2D eigenvalue weighted by Gasteiger charge is 2.59. The highest BCUT2D eigenvalue weighted by molar-refractivity contribution is 5.89. The Balaban J connectivity index is 1.51. The van der Waals surface area contributed by atoms with E-state index < -0.39 is 0 Å². The molecular weight excluding hydrogens is 264 g/mol. The molecule has 4 nitrogen and oxygen atoms in total. The smallest absolute Gasteiger partial charge is 0.240 e. The fourth-order valence-electron chi connectivity index (χ4n) is 3.52. The monoisotopic (exact) mass is 285 g/mol. The lowest BCUT2D eigenvalue weighted by molar-refractivity contribution is -0.169. The van der Waals surface area contributed by atoms with E-state index in [0.717, 1.165) is 25.7 Å². The van der Waals surface area contributed by atoms with E-state index in [4.69, 9.17) is 5.73 Å². The average molecular weight is 285 g/mol. The van der Waals surface area contributed by atoms with Crippen LogP contribution in [0.4, 0.5) is 0 Å². The van der Waals surface area contributed by atoms with E-state index in [1.165, 1.54) is 5.56 Å². The predicted molar refractivity (Wildman–Crippen MR) is 80.0 cm³/mol. The molecule has 4 heteroatoms. The molecule has 1 spiro atoms. The zero-order chi connectivity index (χ0) is 14.9. The molecule has 2 N–H and O–H groups in total. The Hall–Kier alpha value is -1.84. The zero-order valence-electron chi connectivity index (χ0n) is 12.1. The van der Waals surface area contributed by atoms with Crippen molar-refractivity contribution in [1.29, 1.82) is 0 Å². The van der Waals surface area contributed by atoms with Gasteiger partial charge in [-0.3, -0.25) is 9.59 Å². The van der Waals surface area contributed by atoms with Gasteiger partial charge in [-0.25, -0.2) is 0 Å². The van der Waals surface area contributed by atoms with Crippen LogP contribution in [0.2, 0.25) is 0 Å². The number of likely N-dealkylation sites (tertiary alicyclic amines) is 1. The summed E-state index contributed by atoms with van der Waals surface area (Å²) in [7, 11) is 0. The molecule has 1 atom stereocenters. The summed E-state index contributed by atoms with van der Waals surface area (Å²) in [5, 5.41) is 0. The normalized spacial score (nSPS) is 22.5. The van der Waals surface area contributed by atoms with Crippen molar-refractivity contribution in [3.63, 3.8) is 0 Å². The van der Waals surface area contributed by atoms with Crippen LogP contribution in [-0.2, 0) is 16.0 Å². The molecular formula is C17H21N2O2. The molecule has 2 amide bonds. The van der Waals surface area contributed by atoms with Crippen LogP contribution in [0.1, 0.15) is 31.2 Å². The summed E-state index contributed by atoms with van der Waals surface area (Å²) in [4.78, 5) is 25.6. The molecule has 1 aliphatic heterocycles. The summed E-state index contributed by atoms with van der Waals surface area (Å²) in [6, 6.07) is 9.76. The van der Waals surface area contributed by atoms with Gasteiger partial charge in [0, 0.05) is 18.4 Å². The van der Waals surface area contributed by atoms with Crippen molar-refractivity contribution < 1.29 is 9.59 Å². The minimum absolute atomic E-state index is 0.0269. The van der Waals surface area contributed by atoms with Gasteiger partial charge in [-0.1, -0.05) is 30.3 Å². The maximum atomic E-state index is 12.3. The van der Waals surface area contributed by atoms with E-state index in [9.17, 15) is 9.59 Å². The molecule has 1 unspecified atom stereocenters. The third-order valence-corrected chi connectivity index (χ3v) is 4.77. The number of nitrogens with two attached hydrogens (primary N) is 1. The minimum Gasteiger partial charge on any atom is -0.368 e. The van der Waals surface area contributed by atoms with E-state index in [1.807, 2.05) is 18.2 Å². The minimum atomic E-state index is -0.383. The number of hydrogen-bond acceptors (Lipinski definition) is 2. The van der Waals surface area contributed by atoms with Gasteiger partial charge in [-0.15, -0.1) is 0 Å². The highest BCUT2D eigenvalue weighted by Crippen LogP contribution is 2.52. The SMILES string of the molecule is NC(=O)C1N(C(=O)CCCc2ccccc2)CC12C[CH]C2. The van der Waals surface area contributed by atoms with Gasteiger partial charge in [0.2, 0.25) is 11.8 Å². The fraction of sp³-hybridized carbons (Fsp3) is 0.471. The first-order valence-electron chi connectivity index (χ1n) is 7.57. The molecule has 1 radical (unpaired) electrons. The number of aryl methyl sites for hydroxylation is 1. The van der Waals surface area contributed by atoms with Crippen LogP contribution < -0.4 is 5.73 Å². The van der Waals surface area contributed by atoms with Gasteiger partial charge < -0.3 is 10.6 Å². The van der Waals surface area contributed by atoms with Crippen LogP contribution >= 0.6 is 0 Å². The Morgan fingerprint density at radius 1 is 1.24 bits per heavy atom. The van der Waals surface area contributed by atoms with Crippen molar-refractivity contribution in [2.24, 2.45) is 11.1 Å². The number of amides is 2. The second-order valence-corrected chi connectivity index (χ2v) is 6.22. The fourth-order valence-corrected chi connectivity index (χ4v) is 3.52. The van der Waals surface area contributed by atoms with E-state index in [-0.39, 0.29) is 23.3 Å². The Morgan fingerprint density at radius 3 is 2.52 bits per heavy atom. The molecule has 1 saturated carbocycles. The number of benzene rings is 1. The average Bonchev–Trinajstić information content (AvgIpc) is 2.36. The molecule has 2 fully saturated rings. The van der Waals surface area contributed by atoms with E-state index in [1.54, 1.807) is 4.90 Å². The quantitative estimate of drug-likeness (QED) is 0.894. The van der Waals surface area contributed by atoms with Crippen LogP contribution in [0, 0.1) is 11.8 Å². The first-order valence-corrected chi connectivity index (χ1v) is 7.57. The number of hydrogen-bond donors (Lipinski definition) is 1. The summed E-state index contributed by atoms with van der Waals surface area (Å²) >= 11 is 0. The number of rotatable bonds is 5. The lowest BCUT2D eigenvalue weighted by Gasteiger charge is -2.60. The zero-order valence-corrected chi connectivity index (χ0v) is 12.1. The number of nitrogens with zero attached hydrogens (tertiary/aromatic N) is 1. The van der Waals surface area contributed by atoms with Gasteiger partial charge in [-0.05, 0) is 37.7 Å². The molecule has 1 aromatic rings. The number of carbonyl (C=O) groups excluding carboxylic acids is 2. The molecule has 21 heavy (non-hydrogen) atoms. The molecule has 111 valence electrons. The number of carbonyl (C=O) groups is 2. The first kappa shape index (κ1) is 14.1. The van der Waals surface area contributed by atoms with Gasteiger partial charge in [0.05, 0.1) is 0 Å². The van der Waals surface area contributed by atoms with Crippen molar-refractivity contribution in [3.8, 4) is 0 Å². The first-order chi connectivity index (χ1) is 10.1. The van der Waals surface area contributed by atoms with Crippen molar-refractivity contribution >= 4 is 11.8 Å². The Kier molecular flexibility index (Phi) is 3.70. The number of primary amides is 1. The van der Waals surface area contributed by atoms with Crippen LogP contribution in [0.3, 0.4) is 0 Å². The third kappa shape index (κ3) is 2.55. The molecule has 1 aliphatic carbocycles. The van der Waals surface area contributed by atoms with Crippen molar-refractivity contribution in [3.05, 3.63) is 42.3 Å².